The van der Waals surface area contributed by atoms with E-state index in [9.17, 15) is 9.18 Å². The summed E-state index contributed by atoms with van der Waals surface area (Å²) in [5.41, 5.74) is 1.20. The minimum Gasteiger partial charge on any atom is -0.474 e. The lowest BCUT2D eigenvalue weighted by molar-refractivity contribution is 0.0864. The van der Waals surface area contributed by atoms with Crippen molar-refractivity contribution < 1.29 is 28.5 Å². The van der Waals surface area contributed by atoms with Crippen LogP contribution in [0.25, 0.3) is 0 Å². The summed E-state index contributed by atoms with van der Waals surface area (Å²) in [6, 6.07) is 4.68. The van der Waals surface area contributed by atoms with Gasteiger partial charge in [-0.25, -0.2) is 19.2 Å². The molecular weight excluding hydrogens is 419 g/mol. The van der Waals surface area contributed by atoms with Gasteiger partial charge in [0.2, 0.25) is 11.8 Å². The number of likely N-dealkylation sites (tertiary alicyclic amines) is 1. The highest BCUT2D eigenvalue weighted by Gasteiger charge is 2.25. The lowest BCUT2D eigenvalue weighted by atomic mass is 10.1. The maximum atomic E-state index is 14.6. The zero-order valence-corrected chi connectivity index (χ0v) is 17.9. The average Bonchev–Trinajstić information content (AvgIpc) is 3.31. The summed E-state index contributed by atoms with van der Waals surface area (Å²) >= 11 is 0. The molecule has 0 bridgehead atoms. The van der Waals surface area contributed by atoms with E-state index < -0.39 is 11.9 Å². The highest BCUT2D eigenvalue weighted by molar-refractivity contribution is 5.65. The van der Waals surface area contributed by atoms with Gasteiger partial charge in [0, 0.05) is 50.8 Å². The van der Waals surface area contributed by atoms with E-state index in [4.69, 9.17) is 19.3 Å². The van der Waals surface area contributed by atoms with Crippen molar-refractivity contribution in [2.45, 2.75) is 44.8 Å². The molecule has 0 spiro atoms. The van der Waals surface area contributed by atoms with Crippen molar-refractivity contribution in [3.63, 3.8) is 0 Å². The van der Waals surface area contributed by atoms with Crippen molar-refractivity contribution in [1.82, 2.24) is 14.9 Å². The molecule has 172 valence electrons. The van der Waals surface area contributed by atoms with E-state index in [1.807, 2.05) is 0 Å². The third-order valence-electron chi connectivity index (χ3n) is 5.68. The van der Waals surface area contributed by atoms with E-state index >= 15 is 0 Å². The summed E-state index contributed by atoms with van der Waals surface area (Å²) in [7, 11) is 0. The van der Waals surface area contributed by atoms with Crippen LogP contribution in [-0.2, 0) is 4.74 Å². The summed E-state index contributed by atoms with van der Waals surface area (Å²) in [6.07, 6.45) is 3.59. The Kier molecular flexibility index (Phi) is 6.89. The summed E-state index contributed by atoms with van der Waals surface area (Å²) in [5, 5.41) is 12.2. The number of piperidine rings is 1. The van der Waals surface area contributed by atoms with Gasteiger partial charge < -0.3 is 29.5 Å². The summed E-state index contributed by atoms with van der Waals surface area (Å²) in [6.45, 7) is 3.97. The first-order chi connectivity index (χ1) is 15.5. The Morgan fingerprint density at radius 3 is 2.75 bits per heavy atom. The van der Waals surface area contributed by atoms with Gasteiger partial charge in [0.05, 0.1) is 11.7 Å². The highest BCUT2D eigenvalue weighted by atomic mass is 19.1. The first-order valence-electron chi connectivity index (χ1n) is 10.8. The maximum Gasteiger partial charge on any atom is 0.407 e. The molecule has 4 rings (SSSR count). The molecule has 1 unspecified atom stereocenters. The molecule has 1 aromatic heterocycles. The fourth-order valence-electron chi connectivity index (χ4n) is 3.80. The van der Waals surface area contributed by atoms with Crippen LogP contribution in [0.5, 0.6) is 17.5 Å². The fourth-order valence-corrected chi connectivity index (χ4v) is 3.80. The molecular formula is C22H27FN4O5. The number of hydrogen-bond donors (Lipinski definition) is 2. The molecule has 1 atom stereocenters. The number of halogens is 1. The number of carboxylic acid groups (broad SMARTS) is 1. The van der Waals surface area contributed by atoms with E-state index in [1.165, 1.54) is 17.3 Å². The topological polar surface area (TPSA) is 106 Å². The largest absolute Gasteiger partial charge is 0.474 e. The normalized spacial score (nSPS) is 19.1. The third kappa shape index (κ3) is 5.37. The molecule has 10 heteroatoms. The van der Waals surface area contributed by atoms with E-state index in [1.54, 1.807) is 19.1 Å². The van der Waals surface area contributed by atoms with Crippen LogP contribution in [0.1, 0.15) is 31.2 Å². The molecule has 2 aromatic rings. The number of amides is 1. The second-order valence-electron chi connectivity index (χ2n) is 7.96. The second kappa shape index (κ2) is 9.99. The van der Waals surface area contributed by atoms with Crippen LogP contribution >= 0.6 is 0 Å². The van der Waals surface area contributed by atoms with Crippen molar-refractivity contribution in [2.75, 3.05) is 31.6 Å². The van der Waals surface area contributed by atoms with Crippen LogP contribution in [0.2, 0.25) is 0 Å². The number of anilines is 1. The predicted molar refractivity (Wildman–Crippen MR) is 114 cm³/mol. The minimum atomic E-state index is -0.924. The fraction of sp³-hybridized carbons (Fsp3) is 0.500. The van der Waals surface area contributed by atoms with Gasteiger partial charge in [-0.1, -0.05) is 0 Å². The Bertz CT molecular complexity index is 946. The van der Waals surface area contributed by atoms with Crippen molar-refractivity contribution in [3.05, 3.63) is 35.9 Å². The van der Waals surface area contributed by atoms with Crippen LogP contribution < -0.4 is 14.8 Å². The number of hydrogen-bond acceptors (Lipinski definition) is 7. The van der Waals surface area contributed by atoms with Crippen molar-refractivity contribution in [2.24, 2.45) is 0 Å². The quantitative estimate of drug-likeness (QED) is 0.661. The molecule has 1 aromatic carbocycles. The molecule has 32 heavy (non-hydrogen) atoms. The average molecular weight is 446 g/mol. The first-order valence-corrected chi connectivity index (χ1v) is 10.8. The summed E-state index contributed by atoms with van der Waals surface area (Å²) < 4.78 is 31.8. The standard InChI is InChI=1S/C22H27FN4O5/c1-14-20(31-16-6-8-27(9-7-16)22(28)29)25-13-26-21(14)32-19-5-4-15(11-18(19)23)24-12-17-3-2-10-30-17/h4-5,11,13,16-17,24H,2-3,6-10,12H2,1H3,(H,28,29). The van der Waals surface area contributed by atoms with Gasteiger partial charge in [-0.2, -0.15) is 0 Å². The number of aromatic nitrogens is 2. The molecule has 3 heterocycles. The molecule has 1 amide bonds. The molecule has 0 aliphatic carbocycles. The van der Waals surface area contributed by atoms with E-state index in [2.05, 4.69) is 15.3 Å². The number of carbonyl (C=O) groups is 1. The monoisotopic (exact) mass is 446 g/mol. The zero-order valence-electron chi connectivity index (χ0n) is 17.9. The van der Waals surface area contributed by atoms with Crippen molar-refractivity contribution in [3.8, 4) is 17.5 Å². The van der Waals surface area contributed by atoms with Crippen LogP contribution in [-0.4, -0.2) is 64.5 Å². The van der Waals surface area contributed by atoms with E-state index in [-0.39, 0.29) is 23.8 Å². The minimum absolute atomic E-state index is 0.0511. The van der Waals surface area contributed by atoms with Crippen molar-refractivity contribution in [1.29, 1.82) is 0 Å². The number of benzene rings is 1. The van der Waals surface area contributed by atoms with Crippen LogP contribution in [0.15, 0.2) is 24.5 Å². The van der Waals surface area contributed by atoms with Crippen LogP contribution in [0.4, 0.5) is 14.9 Å². The van der Waals surface area contributed by atoms with E-state index in [0.717, 1.165) is 19.4 Å². The Morgan fingerprint density at radius 1 is 1.28 bits per heavy atom. The summed E-state index contributed by atoms with van der Waals surface area (Å²) in [4.78, 5) is 20.7. The molecule has 0 radical (unpaired) electrons. The molecule has 2 aliphatic heterocycles. The van der Waals surface area contributed by atoms with Gasteiger partial charge in [0.1, 0.15) is 12.4 Å². The van der Waals surface area contributed by atoms with Crippen LogP contribution in [0, 0.1) is 12.7 Å². The Balaban J connectivity index is 1.37. The highest BCUT2D eigenvalue weighted by Crippen LogP contribution is 2.31. The van der Waals surface area contributed by atoms with Crippen molar-refractivity contribution >= 4 is 11.8 Å². The Hall–Kier alpha value is -3.14. The number of rotatable bonds is 7. The third-order valence-corrected chi connectivity index (χ3v) is 5.68. The smallest absolute Gasteiger partial charge is 0.407 e. The van der Waals surface area contributed by atoms with Gasteiger partial charge in [0.15, 0.2) is 11.6 Å². The Labute approximate surface area is 185 Å². The molecule has 9 nitrogen and oxygen atoms in total. The summed E-state index contributed by atoms with van der Waals surface area (Å²) in [5.74, 6) is 0.0926. The van der Waals surface area contributed by atoms with Gasteiger partial charge in [-0.3, -0.25) is 0 Å². The van der Waals surface area contributed by atoms with Crippen LogP contribution in [0.3, 0.4) is 0 Å². The number of ether oxygens (including phenoxy) is 3. The zero-order chi connectivity index (χ0) is 22.5. The van der Waals surface area contributed by atoms with E-state index in [0.29, 0.717) is 49.6 Å². The first kappa shape index (κ1) is 22.1. The van der Waals surface area contributed by atoms with Gasteiger partial charge >= 0.3 is 6.09 Å². The van der Waals surface area contributed by atoms with Gasteiger partial charge in [-0.15, -0.1) is 0 Å². The maximum absolute atomic E-state index is 14.6. The second-order valence-corrected chi connectivity index (χ2v) is 7.96. The molecule has 2 N–H and O–H groups in total. The lowest BCUT2D eigenvalue weighted by Crippen LogP contribution is -2.41. The number of nitrogens with one attached hydrogen (secondary N) is 1. The number of nitrogens with zero attached hydrogens (tertiary/aromatic N) is 3. The Morgan fingerprint density at radius 2 is 2.06 bits per heavy atom. The molecule has 0 saturated carbocycles. The van der Waals surface area contributed by atoms with Gasteiger partial charge in [0.25, 0.3) is 0 Å². The molecule has 2 aliphatic rings. The SMILES string of the molecule is Cc1c(Oc2ccc(NCC3CCCO3)cc2F)ncnc1OC1CCN(C(=O)O)CC1. The predicted octanol–water partition coefficient (Wildman–Crippen LogP) is 3.83. The lowest BCUT2D eigenvalue weighted by Gasteiger charge is -2.30. The molecule has 2 fully saturated rings. The van der Waals surface area contributed by atoms with Gasteiger partial charge in [-0.05, 0) is 31.9 Å². The molecule has 2 saturated heterocycles.